The van der Waals surface area contributed by atoms with Crippen LogP contribution in [0.1, 0.15) is 5.56 Å². The first-order chi connectivity index (χ1) is 11.0. The molecular weight excluding hydrogens is 346 g/mol. The SMILES string of the molecule is O=c1nc(Nc2ccc(Cl)nc2)sn1Cc1ccc(F)c(F)c1. The van der Waals surface area contributed by atoms with Crippen LogP contribution in [0.3, 0.4) is 0 Å². The van der Waals surface area contributed by atoms with E-state index >= 15 is 0 Å². The Morgan fingerprint density at radius 1 is 1.22 bits per heavy atom. The predicted molar refractivity (Wildman–Crippen MR) is 84.4 cm³/mol. The lowest BCUT2D eigenvalue weighted by Gasteiger charge is -2.02. The van der Waals surface area contributed by atoms with Crippen molar-refractivity contribution in [2.24, 2.45) is 0 Å². The van der Waals surface area contributed by atoms with Crippen LogP contribution in [0, 0.1) is 11.6 Å². The van der Waals surface area contributed by atoms with Crippen LogP contribution in [0.25, 0.3) is 0 Å². The van der Waals surface area contributed by atoms with Crippen LogP contribution in [0.15, 0.2) is 41.3 Å². The van der Waals surface area contributed by atoms with Crippen molar-refractivity contribution in [1.29, 1.82) is 0 Å². The molecule has 0 aliphatic heterocycles. The highest BCUT2D eigenvalue weighted by molar-refractivity contribution is 7.10. The monoisotopic (exact) mass is 354 g/mol. The number of nitrogens with zero attached hydrogens (tertiary/aromatic N) is 3. The molecule has 0 atom stereocenters. The van der Waals surface area contributed by atoms with E-state index in [0.717, 1.165) is 23.7 Å². The second-order valence-corrected chi connectivity index (χ2v) is 5.97. The molecule has 3 aromatic rings. The summed E-state index contributed by atoms with van der Waals surface area (Å²) in [6, 6.07) is 6.79. The Bertz CT molecular complexity index is 895. The van der Waals surface area contributed by atoms with E-state index in [2.05, 4.69) is 15.3 Å². The summed E-state index contributed by atoms with van der Waals surface area (Å²) in [5.74, 6) is -1.88. The molecule has 1 aromatic carbocycles. The zero-order chi connectivity index (χ0) is 16.4. The number of rotatable bonds is 4. The van der Waals surface area contributed by atoms with Gasteiger partial charge in [-0.05, 0) is 41.4 Å². The van der Waals surface area contributed by atoms with E-state index in [1.807, 2.05) is 0 Å². The minimum atomic E-state index is -0.953. The van der Waals surface area contributed by atoms with E-state index in [4.69, 9.17) is 11.6 Å². The largest absolute Gasteiger partial charge is 0.360 e. The maximum absolute atomic E-state index is 13.2. The molecule has 2 heterocycles. The number of pyridine rings is 1. The molecule has 0 spiro atoms. The maximum atomic E-state index is 13.2. The van der Waals surface area contributed by atoms with Gasteiger partial charge in [0, 0.05) is 0 Å². The molecule has 0 fully saturated rings. The number of anilines is 2. The molecule has 5 nitrogen and oxygen atoms in total. The van der Waals surface area contributed by atoms with Crippen molar-refractivity contribution < 1.29 is 8.78 Å². The topological polar surface area (TPSA) is 59.8 Å². The molecule has 118 valence electrons. The Morgan fingerprint density at radius 2 is 2.04 bits per heavy atom. The third kappa shape index (κ3) is 3.72. The first-order valence-corrected chi connectivity index (χ1v) is 7.57. The second-order valence-electron chi connectivity index (χ2n) is 4.57. The minimum Gasteiger partial charge on any atom is -0.329 e. The summed E-state index contributed by atoms with van der Waals surface area (Å²) in [4.78, 5) is 19.6. The van der Waals surface area contributed by atoms with Crippen LogP contribution in [0.4, 0.5) is 19.6 Å². The van der Waals surface area contributed by atoms with E-state index in [-0.39, 0.29) is 6.54 Å². The van der Waals surface area contributed by atoms with Gasteiger partial charge in [-0.3, -0.25) is 0 Å². The van der Waals surface area contributed by atoms with Gasteiger partial charge in [-0.2, -0.15) is 4.98 Å². The van der Waals surface area contributed by atoms with Crippen LogP contribution >= 0.6 is 23.1 Å². The summed E-state index contributed by atoms with van der Waals surface area (Å²) in [6.45, 7) is 0.105. The van der Waals surface area contributed by atoms with E-state index in [1.165, 1.54) is 16.2 Å². The molecule has 1 N–H and O–H groups in total. The average Bonchev–Trinajstić information content (AvgIpc) is 2.85. The molecule has 0 radical (unpaired) electrons. The standard InChI is InChI=1S/C14H9ClF2N4OS/c15-12-4-2-9(6-18-12)19-13-20-14(22)21(23-13)7-8-1-3-10(16)11(17)5-8/h1-6H,7H2,(H,19,20,22). The van der Waals surface area contributed by atoms with Gasteiger partial charge >= 0.3 is 5.69 Å². The Labute approximate surface area is 138 Å². The van der Waals surface area contributed by atoms with Gasteiger partial charge in [0.05, 0.1) is 18.4 Å². The molecule has 0 unspecified atom stereocenters. The van der Waals surface area contributed by atoms with Gasteiger partial charge < -0.3 is 5.32 Å². The smallest absolute Gasteiger partial charge is 0.329 e. The molecular formula is C14H9ClF2N4OS. The summed E-state index contributed by atoms with van der Waals surface area (Å²) < 4.78 is 27.4. The molecule has 23 heavy (non-hydrogen) atoms. The predicted octanol–water partition coefficient (Wildman–Crippen LogP) is 3.42. The second kappa shape index (κ2) is 6.43. The van der Waals surface area contributed by atoms with Crippen LogP contribution in [0.5, 0.6) is 0 Å². The maximum Gasteiger partial charge on any atom is 0.360 e. The van der Waals surface area contributed by atoms with Crippen molar-refractivity contribution >= 4 is 34.0 Å². The highest BCUT2D eigenvalue weighted by Gasteiger charge is 2.09. The zero-order valence-electron chi connectivity index (χ0n) is 11.5. The van der Waals surface area contributed by atoms with Crippen molar-refractivity contribution in [3.63, 3.8) is 0 Å². The van der Waals surface area contributed by atoms with Gasteiger partial charge in [-0.25, -0.2) is 22.5 Å². The van der Waals surface area contributed by atoms with Gasteiger partial charge in [-0.1, -0.05) is 17.7 Å². The molecule has 0 aliphatic carbocycles. The molecule has 2 aromatic heterocycles. The third-order valence-corrected chi connectivity index (χ3v) is 3.99. The average molecular weight is 355 g/mol. The lowest BCUT2D eigenvalue weighted by molar-refractivity contribution is 0.506. The van der Waals surface area contributed by atoms with Crippen LogP contribution < -0.4 is 11.0 Å². The third-order valence-electron chi connectivity index (χ3n) is 2.90. The number of hydrogen-bond acceptors (Lipinski definition) is 5. The summed E-state index contributed by atoms with van der Waals surface area (Å²) in [5.41, 5.74) is 0.613. The van der Waals surface area contributed by atoms with Crippen molar-refractivity contribution in [3.05, 3.63) is 69.4 Å². The zero-order valence-corrected chi connectivity index (χ0v) is 13.0. The van der Waals surface area contributed by atoms with Crippen LogP contribution in [-0.4, -0.2) is 13.9 Å². The van der Waals surface area contributed by atoms with E-state index < -0.39 is 17.3 Å². The normalized spacial score (nSPS) is 10.7. The fraction of sp³-hybridized carbons (Fsp3) is 0.0714. The quantitative estimate of drug-likeness (QED) is 0.729. The van der Waals surface area contributed by atoms with Gasteiger partial charge in [0.2, 0.25) is 5.13 Å². The summed E-state index contributed by atoms with van der Waals surface area (Å²) in [6.07, 6.45) is 1.51. The van der Waals surface area contributed by atoms with Crippen molar-refractivity contribution in [1.82, 2.24) is 13.9 Å². The Balaban J connectivity index is 1.79. The van der Waals surface area contributed by atoms with Gasteiger partial charge in [0.25, 0.3) is 0 Å². The highest BCUT2D eigenvalue weighted by atomic mass is 35.5. The molecule has 0 bridgehead atoms. The van der Waals surface area contributed by atoms with Gasteiger partial charge in [-0.15, -0.1) is 0 Å². The molecule has 3 rings (SSSR count). The number of benzene rings is 1. The first-order valence-electron chi connectivity index (χ1n) is 6.42. The van der Waals surface area contributed by atoms with Crippen LogP contribution in [-0.2, 0) is 6.54 Å². The van der Waals surface area contributed by atoms with E-state index in [0.29, 0.717) is 21.5 Å². The minimum absolute atomic E-state index is 0.105. The number of halogens is 3. The first kappa shape index (κ1) is 15.6. The Morgan fingerprint density at radius 3 is 2.74 bits per heavy atom. The molecule has 0 amide bonds. The van der Waals surface area contributed by atoms with Crippen molar-refractivity contribution in [2.75, 3.05) is 5.32 Å². The van der Waals surface area contributed by atoms with E-state index in [9.17, 15) is 13.6 Å². The summed E-state index contributed by atoms with van der Waals surface area (Å²) in [5, 5.41) is 3.65. The molecule has 0 aliphatic rings. The molecule has 0 saturated carbocycles. The number of hydrogen-bond donors (Lipinski definition) is 1. The van der Waals surface area contributed by atoms with Crippen molar-refractivity contribution in [2.45, 2.75) is 6.54 Å². The number of nitrogens with one attached hydrogen (secondary N) is 1. The highest BCUT2D eigenvalue weighted by Crippen LogP contribution is 2.19. The van der Waals surface area contributed by atoms with Gasteiger partial charge in [0.15, 0.2) is 11.6 Å². The fourth-order valence-corrected chi connectivity index (χ4v) is 2.77. The van der Waals surface area contributed by atoms with Gasteiger partial charge in [0.1, 0.15) is 5.15 Å². The lowest BCUT2D eigenvalue weighted by atomic mass is 10.2. The van der Waals surface area contributed by atoms with Crippen LogP contribution in [0.2, 0.25) is 5.15 Å². The molecule has 0 saturated heterocycles. The summed E-state index contributed by atoms with van der Waals surface area (Å²) in [7, 11) is 0. The Hall–Kier alpha value is -2.32. The molecule has 9 heteroatoms. The van der Waals surface area contributed by atoms with E-state index in [1.54, 1.807) is 12.1 Å². The Kier molecular flexibility index (Phi) is 4.35. The number of aromatic nitrogens is 3. The fourth-order valence-electron chi connectivity index (χ4n) is 1.83. The lowest BCUT2D eigenvalue weighted by Crippen LogP contribution is -2.15. The summed E-state index contributed by atoms with van der Waals surface area (Å²) >= 11 is 6.76. The van der Waals surface area contributed by atoms with Crippen molar-refractivity contribution in [3.8, 4) is 0 Å².